The van der Waals surface area contributed by atoms with Crippen molar-refractivity contribution in [2.75, 3.05) is 13.2 Å². The molecule has 9 nitrogen and oxygen atoms in total. The zero-order chi connectivity index (χ0) is 29.8. The average molecular weight is 573 g/mol. The maximum atomic E-state index is 12.0. The van der Waals surface area contributed by atoms with Crippen molar-refractivity contribution in [1.82, 2.24) is 5.32 Å². The van der Waals surface area contributed by atoms with Crippen LogP contribution in [0.5, 0.6) is 11.5 Å². The summed E-state index contributed by atoms with van der Waals surface area (Å²) in [6, 6.07) is 3.63. The third kappa shape index (κ3) is 10.6. The summed E-state index contributed by atoms with van der Waals surface area (Å²) in [6.07, 6.45) is 11.9. The van der Waals surface area contributed by atoms with E-state index in [1.54, 1.807) is 6.07 Å². The fourth-order valence-electron chi connectivity index (χ4n) is 5.66. The van der Waals surface area contributed by atoms with Gasteiger partial charge in [0.15, 0.2) is 11.5 Å². The topological polar surface area (TPSA) is 140 Å². The van der Waals surface area contributed by atoms with Gasteiger partial charge in [0.25, 0.3) is 0 Å². The highest BCUT2D eigenvalue weighted by Crippen LogP contribution is 2.37. The van der Waals surface area contributed by atoms with E-state index in [2.05, 4.69) is 5.32 Å². The number of esters is 2. The Balaban J connectivity index is 1.84. The van der Waals surface area contributed by atoms with Gasteiger partial charge in [0, 0.05) is 33.4 Å². The Morgan fingerprint density at radius 2 is 1.73 bits per heavy atom. The first-order chi connectivity index (χ1) is 19.7. The summed E-state index contributed by atoms with van der Waals surface area (Å²) in [7, 11) is 0. The van der Waals surface area contributed by atoms with Gasteiger partial charge in [-0.2, -0.15) is 0 Å². The minimum absolute atomic E-state index is 0.0751. The number of rotatable bonds is 15. The van der Waals surface area contributed by atoms with E-state index in [-0.39, 0.29) is 30.3 Å². The van der Waals surface area contributed by atoms with E-state index in [1.165, 1.54) is 20.3 Å². The molecular weight excluding hydrogens is 524 g/mol. The molecule has 0 aromatic heterocycles. The van der Waals surface area contributed by atoms with Crippen molar-refractivity contribution in [1.29, 1.82) is 0 Å². The molecule has 0 spiro atoms. The summed E-state index contributed by atoms with van der Waals surface area (Å²) in [4.78, 5) is 23.9. The van der Waals surface area contributed by atoms with Crippen molar-refractivity contribution in [2.24, 2.45) is 11.7 Å². The number of aryl methyl sites for hydroxylation is 1. The molecule has 1 fully saturated rings. The molecule has 0 saturated heterocycles. The molecule has 2 aliphatic rings. The summed E-state index contributed by atoms with van der Waals surface area (Å²) in [5.74, 6) is 0.426. The minimum Gasteiger partial charge on any atom is -0.504 e. The van der Waals surface area contributed by atoms with E-state index in [0.29, 0.717) is 50.2 Å². The van der Waals surface area contributed by atoms with Crippen LogP contribution in [0, 0.1) is 5.92 Å². The van der Waals surface area contributed by atoms with Crippen LogP contribution in [0.3, 0.4) is 0 Å². The Hall–Kier alpha value is -3.20. The number of aliphatic hydroxyl groups excluding tert-OH is 1. The second-order valence-electron chi connectivity index (χ2n) is 11.3. The molecule has 1 aliphatic heterocycles. The second kappa shape index (κ2) is 16.3. The molecule has 9 heteroatoms. The van der Waals surface area contributed by atoms with Crippen LogP contribution in [0.15, 0.2) is 30.1 Å². The van der Waals surface area contributed by atoms with Gasteiger partial charge in [-0.05, 0) is 92.2 Å². The van der Waals surface area contributed by atoms with Crippen molar-refractivity contribution >= 4 is 17.5 Å². The number of hydrogen-bond acceptors (Lipinski definition) is 9. The Bertz CT molecular complexity index is 1070. The number of ether oxygens (including phenoxy) is 3. The maximum Gasteiger partial charge on any atom is 0.302 e. The van der Waals surface area contributed by atoms with Crippen LogP contribution >= 0.6 is 0 Å². The van der Waals surface area contributed by atoms with Crippen LogP contribution in [0.2, 0.25) is 0 Å². The quantitative estimate of drug-likeness (QED) is 0.217. The number of nitrogens with one attached hydrogen (secondary N) is 1. The number of dihydropyridines is 1. The van der Waals surface area contributed by atoms with E-state index in [9.17, 15) is 19.8 Å². The number of carbonyl (C=O) groups is 2. The van der Waals surface area contributed by atoms with Crippen LogP contribution < -0.4 is 15.8 Å². The number of benzene rings is 1. The maximum absolute atomic E-state index is 12.0. The van der Waals surface area contributed by atoms with Crippen LogP contribution in [0.4, 0.5) is 0 Å². The molecule has 1 aliphatic carbocycles. The molecule has 1 aromatic carbocycles. The summed E-state index contributed by atoms with van der Waals surface area (Å²) in [5, 5.41) is 23.6. The molecule has 228 valence electrons. The van der Waals surface area contributed by atoms with Gasteiger partial charge in [-0.15, -0.1) is 0 Å². The normalized spacial score (nSPS) is 17.9. The summed E-state index contributed by atoms with van der Waals surface area (Å²) >= 11 is 0. The third-order valence-corrected chi connectivity index (χ3v) is 7.94. The van der Waals surface area contributed by atoms with E-state index in [4.69, 9.17) is 19.9 Å². The number of phenolic OH excluding ortho intramolecular Hbond substituents is 1. The fourth-order valence-corrected chi connectivity index (χ4v) is 5.66. The van der Waals surface area contributed by atoms with Crippen LogP contribution in [-0.4, -0.2) is 53.6 Å². The van der Waals surface area contributed by atoms with Gasteiger partial charge in [-0.25, -0.2) is 0 Å². The fraction of sp³-hybridized carbons (Fsp3) is 0.625. The Morgan fingerprint density at radius 3 is 2.34 bits per heavy atom. The zero-order valence-electron chi connectivity index (χ0n) is 24.8. The highest BCUT2D eigenvalue weighted by atomic mass is 16.6. The zero-order valence-corrected chi connectivity index (χ0v) is 24.8. The number of phenols is 1. The molecule has 1 aromatic rings. The van der Waals surface area contributed by atoms with Gasteiger partial charge in [0.05, 0.1) is 11.9 Å². The summed E-state index contributed by atoms with van der Waals surface area (Å²) in [6.45, 7) is 5.42. The van der Waals surface area contributed by atoms with Gasteiger partial charge >= 0.3 is 11.9 Å². The van der Waals surface area contributed by atoms with Gasteiger partial charge in [0.2, 0.25) is 0 Å². The Labute approximate surface area is 244 Å². The molecule has 41 heavy (non-hydrogen) atoms. The minimum atomic E-state index is -0.488. The molecular formula is C32H48N2O7. The van der Waals surface area contributed by atoms with Crippen LogP contribution in [0.25, 0.3) is 5.57 Å². The largest absolute Gasteiger partial charge is 0.504 e. The van der Waals surface area contributed by atoms with Gasteiger partial charge in [-0.1, -0.05) is 25.8 Å². The molecule has 0 radical (unpaired) electrons. The predicted molar refractivity (Wildman–Crippen MR) is 158 cm³/mol. The molecule has 0 bridgehead atoms. The lowest BCUT2D eigenvalue weighted by molar-refractivity contribution is -0.153. The summed E-state index contributed by atoms with van der Waals surface area (Å²) in [5.41, 5.74) is 8.73. The number of carbonyl (C=O) groups excluding carboxylic acids is 2. The lowest BCUT2D eigenvalue weighted by atomic mass is 9.91. The van der Waals surface area contributed by atoms with Crippen molar-refractivity contribution in [3.8, 4) is 11.5 Å². The highest BCUT2D eigenvalue weighted by molar-refractivity contribution is 5.79. The molecule has 3 rings (SSSR count). The molecule has 1 saturated carbocycles. The van der Waals surface area contributed by atoms with Crippen molar-refractivity contribution < 1.29 is 34.0 Å². The third-order valence-electron chi connectivity index (χ3n) is 7.94. The monoisotopic (exact) mass is 572 g/mol. The first-order valence-electron chi connectivity index (χ1n) is 15.1. The number of aliphatic hydroxyl groups is 1. The summed E-state index contributed by atoms with van der Waals surface area (Å²) < 4.78 is 17.6. The number of nitrogens with two attached hydrogens (primary N) is 1. The van der Waals surface area contributed by atoms with E-state index in [1.807, 2.05) is 25.1 Å². The smallest absolute Gasteiger partial charge is 0.302 e. The van der Waals surface area contributed by atoms with Gasteiger partial charge < -0.3 is 35.5 Å². The first-order valence-corrected chi connectivity index (χ1v) is 15.1. The Morgan fingerprint density at radius 1 is 1.05 bits per heavy atom. The Kier molecular flexibility index (Phi) is 12.8. The molecule has 0 unspecified atom stereocenters. The average Bonchev–Trinajstić information content (AvgIpc) is 2.93. The van der Waals surface area contributed by atoms with Crippen molar-refractivity contribution in [2.45, 2.75) is 110 Å². The SMILES string of the molecule is CC[C@H](CO)CC[C@@H](C[C@@H](CCc1cc(OC2CCCCC2)c(O)cc1C1=CCNC(N)=C1)OC(C)=O)OC(C)=O. The van der Waals surface area contributed by atoms with Crippen LogP contribution in [0.1, 0.15) is 96.1 Å². The number of hydrogen-bond donors (Lipinski definition) is 4. The number of aromatic hydroxyl groups is 1. The molecule has 1 heterocycles. The predicted octanol–water partition coefficient (Wildman–Crippen LogP) is 4.88. The molecule has 3 atom stereocenters. The number of allylic oxidation sites excluding steroid dienone is 2. The highest BCUT2D eigenvalue weighted by Gasteiger charge is 2.25. The van der Waals surface area contributed by atoms with E-state index >= 15 is 0 Å². The van der Waals surface area contributed by atoms with E-state index < -0.39 is 18.2 Å². The first kappa shape index (κ1) is 32.3. The van der Waals surface area contributed by atoms with Crippen LogP contribution in [-0.2, 0) is 25.5 Å². The lowest BCUT2D eigenvalue weighted by Gasteiger charge is -2.26. The van der Waals surface area contributed by atoms with Crippen molar-refractivity contribution in [3.63, 3.8) is 0 Å². The second-order valence-corrected chi connectivity index (χ2v) is 11.3. The van der Waals surface area contributed by atoms with Crippen molar-refractivity contribution in [3.05, 3.63) is 41.2 Å². The standard InChI is InChI=1S/C32H48N2O7/c1-4-23(20-35)10-12-27(39-21(2)36)18-28(40-22(3)37)13-11-24-16-31(41-26-8-6-5-7-9-26)30(38)19-29(24)25-14-15-34-32(33)17-25/h14,16-17,19,23,26-28,34-35,38H,4-13,15,18,20,33H2,1-3H3/t23-,27-,28+/m0/s1. The molecule has 0 amide bonds. The van der Waals surface area contributed by atoms with E-state index in [0.717, 1.165) is 48.8 Å². The lowest BCUT2D eigenvalue weighted by Crippen LogP contribution is -2.27. The van der Waals surface area contributed by atoms with Gasteiger partial charge in [-0.3, -0.25) is 9.59 Å². The molecule has 5 N–H and O–H groups in total. The van der Waals surface area contributed by atoms with Gasteiger partial charge in [0.1, 0.15) is 12.2 Å².